The van der Waals surface area contributed by atoms with E-state index in [1.807, 2.05) is 0 Å². The lowest BCUT2D eigenvalue weighted by atomic mass is 9.98. The second-order valence-electron chi connectivity index (χ2n) is 6.86. The smallest absolute Gasteiger partial charge is 0.339 e. The largest absolute Gasteiger partial charge is 0.478 e. The van der Waals surface area contributed by atoms with E-state index in [2.05, 4.69) is 9.71 Å². The van der Waals surface area contributed by atoms with E-state index < -0.39 is 16.0 Å². The number of ether oxygens (including phenoxy) is 1. The molecule has 0 spiro atoms. The van der Waals surface area contributed by atoms with Crippen molar-refractivity contribution in [3.63, 3.8) is 0 Å². The van der Waals surface area contributed by atoms with Crippen molar-refractivity contribution in [3.05, 3.63) is 48.2 Å². The lowest BCUT2D eigenvalue weighted by molar-refractivity contribution is -0.148. The first-order valence-electron chi connectivity index (χ1n) is 9.54. The standard InChI is InChI=1S/C20H23N3O6S/c1-2-29-20(26)14-7-6-10-23(13-14)18-17(19(24)25)11-15(12-21-18)22-30(27,28)16-8-4-3-5-9-16/h3-5,8-9,11-12,14,22H,2,6-7,10,13H2,1H3,(H,24,25). The first-order valence-corrected chi connectivity index (χ1v) is 11.0. The number of nitrogens with zero attached hydrogens (tertiary/aromatic N) is 2. The van der Waals surface area contributed by atoms with Gasteiger partial charge in [0.1, 0.15) is 11.4 Å². The van der Waals surface area contributed by atoms with Crippen molar-refractivity contribution < 1.29 is 27.9 Å². The van der Waals surface area contributed by atoms with Crippen LogP contribution in [0.25, 0.3) is 0 Å². The summed E-state index contributed by atoms with van der Waals surface area (Å²) in [5, 5.41) is 9.66. The van der Waals surface area contributed by atoms with Crippen LogP contribution in [0.15, 0.2) is 47.5 Å². The zero-order chi connectivity index (χ0) is 21.7. The third kappa shape index (κ3) is 4.88. The van der Waals surface area contributed by atoms with Crippen LogP contribution in [0.5, 0.6) is 0 Å². The zero-order valence-electron chi connectivity index (χ0n) is 16.4. The molecule has 0 amide bonds. The van der Waals surface area contributed by atoms with E-state index in [-0.39, 0.29) is 40.5 Å². The topological polar surface area (TPSA) is 126 Å². The summed E-state index contributed by atoms with van der Waals surface area (Å²) in [5.74, 6) is -1.72. The van der Waals surface area contributed by atoms with Gasteiger partial charge in [-0.05, 0) is 38.0 Å². The number of nitrogens with one attached hydrogen (secondary N) is 1. The minimum atomic E-state index is -3.88. The van der Waals surface area contributed by atoms with Crippen molar-refractivity contribution in [3.8, 4) is 0 Å². The fourth-order valence-corrected chi connectivity index (χ4v) is 4.41. The molecule has 1 fully saturated rings. The Hall–Kier alpha value is -3.14. The van der Waals surface area contributed by atoms with Gasteiger partial charge in [0.05, 0.1) is 29.3 Å². The number of carboxylic acid groups (broad SMARTS) is 1. The van der Waals surface area contributed by atoms with Crippen LogP contribution in [0.1, 0.15) is 30.1 Å². The van der Waals surface area contributed by atoms with Crippen LogP contribution >= 0.6 is 0 Å². The number of carbonyl (C=O) groups is 2. The number of anilines is 2. The monoisotopic (exact) mass is 433 g/mol. The van der Waals surface area contributed by atoms with Gasteiger partial charge in [0.25, 0.3) is 10.0 Å². The molecule has 1 aromatic heterocycles. The maximum Gasteiger partial charge on any atom is 0.339 e. The number of carbonyl (C=O) groups excluding carboxylic acids is 1. The molecule has 9 nitrogen and oxygen atoms in total. The molecule has 2 heterocycles. The Morgan fingerprint density at radius 3 is 2.70 bits per heavy atom. The number of piperidine rings is 1. The molecule has 3 rings (SSSR count). The van der Waals surface area contributed by atoms with Crippen LogP contribution < -0.4 is 9.62 Å². The summed E-state index contributed by atoms with van der Waals surface area (Å²) in [4.78, 5) is 29.9. The lowest BCUT2D eigenvalue weighted by Crippen LogP contribution is -2.40. The number of benzene rings is 1. The van der Waals surface area contributed by atoms with Gasteiger partial charge in [0.15, 0.2) is 0 Å². The van der Waals surface area contributed by atoms with E-state index in [0.29, 0.717) is 25.9 Å². The maximum absolute atomic E-state index is 12.5. The van der Waals surface area contributed by atoms with Crippen LogP contribution in [0.2, 0.25) is 0 Å². The molecule has 160 valence electrons. The van der Waals surface area contributed by atoms with E-state index >= 15 is 0 Å². The SMILES string of the molecule is CCOC(=O)C1CCCN(c2ncc(NS(=O)(=O)c3ccccc3)cc2C(=O)O)C1. The predicted octanol–water partition coefficient (Wildman–Crippen LogP) is 2.36. The Bertz CT molecular complexity index is 1030. The van der Waals surface area contributed by atoms with Crippen LogP contribution in [0.3, 0.4) is 0 Å². The van der Waals surface area contributed by atoms with Gasteiger partial charge < -0.3 is 14.7 Å². The molecule has 1 saturated heterocycles. The summed E-state index contributed by atoms with van der Waals surface area (Å²) in [6.45, 7) is 2.85. The molecular weight excluding hydrogens is 410 g/mol. The number of rotatable bonds is 7. The quantitative estimate of drug-likeness (QED) is 0.638. The molecular formula is C20H23N3O6S. The van der Waals surface area contributed by atoms with Gasteiger partial charge in [-0.25, -0.2) is 18.2 Å². The minimum absolute atomic E-state index is 0.0407. The minimum Gasteiger partial charge on any atom is -0.478 e. The van der Waals surface area contributed by atoms with E-state index in [0.717, 1.165) is 0 Å². The Labute approximate surface area is 174 Å². The number of sulfonamides is 1. The molecule has 2 aromatic rings. The van der Waals surface area contributed by atoms with Crippen molar-refractivity contribution in [2.24, 2.45) is 5.92 Å². The Morgan fingerprint density at radius 1 is 1.30 bits per heavy atom. The number of carboxylic acids is 1. The summed E-state index contributed by atoms with van der Waals surface area (Å²) < 4.78 is 32.4. The molecule has 1 aromatic carbocycles. The molecule has 1 aliphatic heterocycles. The van der Waals surface area contributed by atoms with E-state index in [1.54, 1.807) is 30.0 Å². The van der Waals surface area contributed by atoms with Crippen LogP contribution in [0, 0.1) is 5.92 Å². The molecule has 10 heteroatoms. The number of aromatic carboxylic acids is 1. The van der Waals surface area contributed by atoms with Gasteiger partial charge in [-0.3, -0.25) is 9.52 Å². The average molecular weight is 433 g/mol. The highest BCUT2D eigenvalue weighted by Crippen LogP contribution is 2.28. The molecule has 0 saturated carbocycles. The Balaban J connectivity index is 1.85. The highest BCUT2D eigenvalue weighted by atomic mass is 32.2. The molecule has 0 bridgehead atoms. The third-order valence-corrected chi connectivity index (χ3v) is 6.14. The van der Waals surface area contributed by atoms with E-state index in [1.165, 1.54) is 24.4 Å². The van der Waals surface area contributed by atoms with Gasteiger partial charge in [-0.2, -0.15) is 0 Å². The predicted molar refractivity (Wildman–Crippen MR) is 110 cm³/mol. The Kier molecular flexibility index (Phi) is 6.56. The summed E-state index contributed by atoms with van der Waals surface area (Å²) >= 11 is 0. The molecule has 0 radical (unpaired) electrons. The number of hydrogen-bond acceptors (Lipinski definition) is 7. The van der Waals surface area contributed by atoms with Gasteiger partial charge in [0.2, 0.25) is 0 Å². The summed E-state index contributed by atoms with van der Waals surface area (Å²) in [5.41, 5.74) is -0.105. The zero-order valence-corrected chi connectivity index (χ0v) is 17.3. The second kappa shape index (κ2) is 9.12. The normalized spacial score (nSPS) is 16.7. The summed E-state index contributed by atoms with van der Waals surface area (Å²) in [6.07, 6.45) is 2.62. The lowest BCUT2D eigenvalue weighted by Gasteiger charge is -2.33. The number of pyridine rings is 1. The second-order valence-corrected chi connectivity index (χ2v) is 8.54. The van der Waals surface area contributed by atoms with Gasteiger partial charge >= 0.3 is 11.9 Å². The van der Waals surface area contributed by atoms with Crippen LogP contribution in [-0.2, 0) is 19.6 Å². The maximum atomic E-state index is 12.5. The van der Waals surface area contributed by atoms with Crippen molar-refractivity contribution in [1.82, 2.24) is 4.98 Å². The molecule has 1 atom stereocenters. The van der Waals surface area contributed by atoms with Crippen molar-refractivity contribution in [1.29, 1.82) is 0 Å². The fraction of sp³-hybridized carbons (Fsp3) is 0.350. The van der Waals surface area contributed by atoms with E-state index in [9.17, 15) is 23.1 Å². The number of aromatic nitrogens is 1. The van der Waals surface area contributed by atoms with Gasteiger partial charge in [-0.15, -0.1) is 0 Å². The van der Waals surface area contributed by atoms with Crippen molar-refractivity contribution in [2.75, 3.05) is 29.3 Å². The van der Waals surface area contributed by atoms with Gasteiger partial charge in [-0.1, -0.05) is 18.2 Å². The third-order valence-electron chi connectivity index (χ3n) is 4.74. The number of hydrogen-bond donors (Lipinski definition) is 2. The van der Waals surface area contributed by atoms with Crippen molar-refractivity contribution in [2.45, 2.75) is 24.7 Å². The van der Waals surface area contributed by atoms with Crippen LogP contribution in [-0.4, -0.2) is 50.1 Å². The summed E-state index contributed by atoms with van der Waals surface area (Å²) in [6, 6.07) is 8.99. The van der Waals surface area contributed by atoms with Gasteiger partial charge in [0, 0.05) is 13.1 Å². The average Bonchev–Trinajstić information content (AvgIpc) is 2.74. The number of esters is 1. The summed E-state index contributed by atoms with van der Waals surface area (Å²) in [7, 11) is -3.88. The Morgan fingerprint density at radius 2 is 2.03 bits per heavy atom. The first kappa shape index (κ1) is 21.6. The highest BCUT2D eigenvalue weighted by Gasteiger charge is 2.30. The molecule has 30 heavy (non-hydrogen) atoms. The molecule has 1 unspecified atom stereocenters. The van der Waals surface area contributed by atoms with E-state index in [4.69, 9.17) is 4.74 Å². The van der Waals surface area contributed by atoms with Crippen LogP contribution in [0.4, 0.5) is 11.5 Å². The molecule has 1 aliphatic rings. The highest BCUT2D eigenvalue weighted by molar-refractivity contribution is 7.92. The fourth-order valence-electron chi connectivity index (χ4n) is 3.36. The first-order chi connectivity index (χ1) is 14.3. The molecule has 2 N–H and O–H groups in total. The van der Waals surface area contributed by atoms with Crippen molar-refractivity contribution >= 4 is 33.5 Å². The molecule has 0 aliphatic carbocycles.